The monoisotopic (exact) mass is 545 g/mol. The molecule has 0 saturated heterocycles. The molecule has 6 aromatic carbocycles. The van der Waals surface area contributed by atoms with Crippen LogP contribution in [0.4, 0.5) is 0 Å². The largest absolute Gasteiger partial charge is 0.208 e. The fourth-order valence-corrected chi connectivity index (χ4v) is 5.34. The Kier molecular flexibility index (Phi) is 6.56. The standard InChI is InChI=1S/C37H24ClN3/c38-32-19-10-17-29(23-32)34-24-31(22-28-15-7-8-20-33(28)34)37-40-35(26-13-5-2-6-14-26)39-36(41-37)30-18-9-16-27(21-30)25-11-3-1-4-12-25/h1-24H. The maximum atomic E-state index is 6.40. The molecule has 1 aromatic heterocycles. The van der Waals surface area contributed by atoms with Gasteiger partial charge in [-0.3, -0.25) is 0 Å². The summed E-state index contributed by atoms with van der Waals surface area (Å²) in [5.41, 5.74) is 7.17. The quantitative estimate of drug-likeness (QED) is 0.216. The molecule has 0 radical (unpaired) electrons. The fraction of sp³-hybridized carbons (Fsp3) is 0. The van der Waals surface area contributed by atoms with Crippen molar-refractivity contribution in [2.24, 2.45) is 0 Å². The minimum atomic E-state index is 0.619. The minimum absolute atomic E-state index is 0.619. The number of halogens is 1. The van der Waals surface area contributed by atoms with Crippen LogP contribution in [0.1, 0.15) is 0 Å². The molecule has 0 spiro atoms. The van der Waals surface area contributed by atoms with E-state index in [0.29, 0.717) is 22.5 Å². The zero-order chi connectivity index (χ0) is 27.6. The van der Waals surface area contributed by atoms with Crippen LogP contribution in [0, 0.1) is 0 Å². The van der Waals surface area contributed by atoms with Gasteiger partial charge in [0.25, 0.3) is 0 Å². The van der Waals surface area contributed by atoms with Crippen molar-refractivity contribution in [3.05, 3.63) is 151 Å². The van der Waals surface area contributed by atoms with E-state index < -0.39 is 0 Å². The summed E-state index contributed by atoms with van der Waals surface area (Å²) in [5, 5.41) is 2.95. The number of nitrogens with zero attached hydrogens (tertiary/aromatic N) is 3. The van der Waals surface area contributed by atoms with Crippen LogP contribution in [0.2, 0.25) is 5.02 Å². The molecule has 0 saturated carbocycles. The van der Waals surface area contributed by atoms with Crippen LogP contribution < -0.4 is 0 Å². The van der Waals surface area contributed by atoms with Gasteiger partial charge in [0.2, 0.25) is 0 Å². The molecule has 0 bridgehead atoms. The number of hydrogen-bond donors (Lipinski definition) is 0. The Hall–Kier alpha value is -5.12. The van der Waals surface area contributed by atoms with Crippen molar-refractivity contribution in [2.45, 2.75) is 0 Å². The average Bonchev–Trinajstić information content (AvgIpc) is 3.05. The second kappa shape index (κ2) is 10.8. The highest BCUT2D eigenvalue weighted by molar-refractivity contribution is 6.31. The van der Waals surface area contributed by atoms with Crippen molar-refractivity contribution in [3.8, 4) is 56.4 Å². The lowest BCUT2D eigenvalue weighted by Crippen LogP contribution is -2.00. The second-order valence-corrected chi connectivity index (χ2v) is 10.3. The topological polar surface area (TPSA) is 38.7 Å². The average molecular weight is 546 g/mol. The van der Waals surface area contributed by atoms with Gasteiger partial charge in [-0.05, 0) is 63.4 Å². The molecule has 7 aromatic rings. The molecule has 0 fully saturated rings. The number of benzene rings is 6. The van der Waals surface area contributed by atoms with E-state index in [1.54, 1.807) is 0 Å². The van der Waals surface area contributed by atoms with Crippen LogP contribution in [0.25, 0.3) is 67.2 Å². The summed E-state index contributed by atoms with van der Waals surface area (Å²) < 4.78 is 0. The third-order valence-electron chi connectivity index (χ3n) is 7.15. The predicted octanol–water partition coefficient (Wildman–Crippen LogP) is 10.0. The second-order valence-electron chi connectivity index (χ2n) is 9.87. The lowest BCUT2D eigenvalue weighted by molar-refractivity contribution is 1.07. The Bertz CT molecular complexity index is 2000. The van der Waals surface area contributed by atoms with Gasteiger partial charge in [0.1, 0.15) is 0 Å². The Balaban J connectivity index is 1.44. The molecular formula is C37H24ClN3. The Labute approximate surface area is 243 Å². The molecule has 0 N–H and O–H groups in total. The molecule has 3 nitrogen and oxygen atoms in total. The van der Waals surface area contributed by atoms with Crippen molar-refractivity contribution in [2.75, 3.05) is 0 Å². The van der Waals surface area contributed by atoms with Crippen LogP contribution >= 0.6 is 11.6 Å². The van der Waals surface area contributed by atoms with Gasteiger partial charge in [0.15, 0.2) is 17.5 Å². The predicted molar refractivity (Wildman–Crippen MR) is 170 cm³/mol. The van der Waals surface area contributed by atoms with Crippen molar-refractivity contribution < 1.29 is 0 Å². The Morgan fingerprint density at radius 1 is 0.366 bits per heavy atom. The molecule has 0 amide bonds. The Morgan fingerprint density at radius 2 is 0.927 bits per heavy atom. The summed E-state index contributed by atoms with van der Waals surface area (Å²) >= 11 is 6.40. The summed E-state index contributed by atoms with van der Waals surface area (Å²) in [6, 6.07) is 49.4. The zero-order valence-corrected chi connectivity index (χ0v) is 22.8. The van der Waals surface area contributed by atoms with Crippen LogP contribution in [0.3, 0.4) is 0 Å². The molecule has 0 aliphatic rings. The molecule has 0 unspecified atom stereocenters. The first-order chi connectivity index (χ1) is 20.2. The van der Waals surface area contributed by atoms with Crippen molar-refractivity contribution in [1.29, 1.82) is 0 Å². The summed E-state index contributed by atoms with van der Waals surface area (Å²) in [6.45, 7) is 0. The van der Waals surface area contributed by atoms with Gasteiger partial charge in [-0.2, -0.15) is 0 Å². The van der Waals surface area contributed by atoms with E-state index in [1.807, 2.05) is 66.7 Å². The van der Waals surface area contributed by atoms with Crippen molar-refractivity contribution in [1.82, 2.24) is 15.0 Å². The molecule has 4 heteroatoms. The smallest absolute Gasteiger partial charge is 0.164 e. The van der Waals surface area contributed by atoms with E-state index in [4.69, 9.17) is 26.6 Å². The zero-order valence-electron chi connectivity index (χ0n) is 22.1. The SMILES string of the molecule is Clc1cccc(-c2cc(-c3nc(-c4ccccc4)nc(-c4cccc(-c5ccccc5)c4)n3)cc3ccccc23)c1. The summed E-state index contributed by atoms with van der Waals surface area (Å²) in [4.78, 5) is 15.0. The van der Waals surface area contributed by atoms with E-state index in [2.05, 4.69) is 78.9 Å². The lowest BCUT2D eigenvalue weighted by Gasteiger charge is -2.13. The molecule has 194 valence electrons. The lowest BCUT2D eigenvalue weighted by atomic mass is 9.95. The fourth-order valence-electron chi connectivity index (χ4n) is 5.15. The highest BCUT2D eigenvalue weighted by Gasteiger charge is 2.15. The van der Waals surface area contributed by atoms with Gasteiger partial charge in [-0.15, -0.1) is 0 Å². The number of hydrogen-bond acceptors (Lipinski definition) is 3. The van der Waals surface area contributed by atoms with Gasteiger partial charge >= 0.3 is 0 Å². The highest BCUT2D eigenvalue weighted by atomic mass is 35.5. The van der Waals surface area contributed by atoms with Gasteiger partial charge < -0.3 is 0 Å². The molecule has 41 heavy (non-hydrogen) atoms. The molecule has 0 aliphatic carbocycles. The van der Waals surface area contributed by atoms with Gasteiger partial charge in [-0.1, -0.05) is 127 Å². The first-order valence-electron chi connectivity index (χ1n) is 13.5. The van der Waals surface area contributed by atoms with E-state index in [1.165, 1.54) is 0 Å². The van der Waals surface area contributed by atoms with E-state index in [9.17, 15) is 0 Å². The van der Waals surface area contributed by atoms with Crippen LogP contribution in [0.15, 0.2) is 146 Å². The van der Waals surface area contributed by atoms with Crippen molar-refractivity contribution >= 4 is 22.4 Å². The summed E-state index contributed by atoms with van der Waals surface area (Å²) in [5.74, 6) is 1.88. The summed E-state index contributed by atoms with van der Waals surface area (Å²) in [6.07, 6.45) is 0. The third-order valence-corrected chi connectivity index (χ3v) is 7.39. The normalized spacial score (nSPS) is 11.0. The molecule has 0 aliphatic heterocycles. The number of aromatic nitrogens is 3. The first-order valence-corrected chi connectivity index (χ1v) is 13.9. The Morgan fingerprint density at radius 3 is 1.68 bits per heavy atom. The van der Waals surface area contributed by atoms with Gasteiger partial charge in [0.05, 0.1) is 0 Å². The van der Waals surface area contributed by atoms with Crippen LogP contribution in [-0.4, -0.2) is 15.0 Å². The molecule has 0 atom stereocenters. The third kappa shape index (κ3) is 5.11. The van der Waals surface area contributed by atoms with Gasteiger partial charge in [-0.25, -0.2) is 15.0 Å². The van der Waals surface area contributed by atoms with Crippen LogP contribution in [-0.2, 0) is 0 Å². The highest BCUT2D eigenvalue weighted by Crippen LogP contribution is 2.35. The van der Waals surface area contributed by atoms with E-state index in [0.717, 1.165) is 49.7 Å². The van der Waals surface area contributed by atoms with E-state index >= 15 is 0 Å². The molecule has 1 heterocycles. The maximum absolute atomic E-state index is 6.40. The number of rotatable bonds is 5. The maximum Gasteiger partial charge on any atom is 0.164 e. The van der Waals surface area contributed by atoms with Crippen LogP contribution in [0.5, 0.6) is 0 Å². The molecule has 7 rings (SSSR count). The van der Waals surface area contributed by atoms with Crippen molar-refractivity contribution in [3.63, 3.8) is 0 Å². The van der Waals surface area contributed by atoms with E-state index in [-0.39, 0.29) is 0 Å². The first kappa shape index (κ1) is 24.9. The van der Waals surface area contributed by atoms with Gasteiger partial charge in [0, 0.05) is 21.7 Å². The molecular weight excluding hydrogens is 522 g/mol. The number of fused-ring (bicyclic) bond motifs is 1. The minimum Gasteiger partial charge on any atom is -0.208 e. The summed E-state index contributed by atoms with van der Waals surface area (Å²) in [7, 11) is 0.